The van der Waals surface area contributed by atoms with E-state index in [0.717, 1.165) is 63.7 Å². The van der Waals surface area contributed by atoms with E-state index >= 15 is 0 Å². The first-order valence-corrected chi connectivity index (χ1v) is 18.7. The molecule has 2 unspecified atom stereocenters. The van der Waals surface area contributed by atoms with Gasteiger partial charge in [-0.3, -0.25) is 33.7 Å². The van der Waals surface area contributed by atoms with Crippen molar-refractivity contribution in [1.82, 2.24) is 40.1 Å². The molecule has 2 aromatic heterocycles. The number of nitrogens with zero attached hydrogens (tertiary/aromatic N) is 6. The molecule has 0 spiro atoms. The summed E-state index contributed by atoms with van der Waals surface area (Å²) in [4.78, 5) is 51.5. The lowest BCUT2D eigenvalue weighted by molar-refractivity contribution is -0.137. The van der Waals surface area contributed by atoms with Crippen LogP contribution in [-0.4, -0.2) is 65.7 Å². The smallest absolute Gasteiger partial charge is 0.255 e. The van der Waals surface area contributed by atoms with E-state index in [1.807, 2.05) is 43.5 Å². The minimum Gasteiger partial charge on any atom is -0.378 e. The van der Waals surface area contributed by atoms with E-state index in [1.165, 1.54) is 4.90 Å². The topological polar surface area (TPSA) is 156 Å². The van der Waals surface area contributed by atoms with Crippen LogP contribution >= 0.6 is 11.6 Å². The molecule has 1 saturated heterocycles. The number of hydrogen-bond donors (Lipinski definition) is 3. The Labute approximate surface area is 322 Å². The molecule has 3 aliphatic rings. The average molecular weight is 756 g/mol. The van der Waals surface area contributed by atoms with E-state index in [2.05, 4.69) is 65.9 Å². The van der Waals surface area contributed by atoms with Crippen molar-refractivity contribution in [2.75, 3.05) is 11.9 Å². The molecule has 0 radical (unpaired) electrons. The Morgan fingerprint density at radius 3 is 2.71 bits per heavy atom. The summed E-state index contributed by atoms with van der Waals surface area (Å²) in [5.41, 5.74) is 7.06. The van der Waals surface area contributed by atoms with Gasteiger partial charge in [0.2, 0.25) is 17.7 Å². The molecule has 5 heterocycles. The summed E-state index contributed by atoms with van der Waals surface area (Å²) >= 11 is 6.15. The van der Waals surface area contributed by atoms with Gasteiger partial charge in [-0.05, 0) is 91.4 Å². The van der Waals surface area contributed by atoms with E-state index in [-0.39, 0.29) is 43.3 Å². The normalized spacial score (nSPS) is 17.3. The molecule has 0 saturated carbocycles. The lowest BCUT2D eigenvalue weighted by Crippen LogP contribution is -2.52. The van der Waals surface area contributed by atoms with Gasteiger partial charge in [-0.2, -0.15) is 5.10 Å². The minimum absolute atomic E-state index is 0.00999. The van der Waals surface area contributed by atoms with Crippen LogP contribution in [0.25, 0.3) is 16.8 Å². The average Bonchev–Trinajstić information content (AvgIpc) is 3.86. The third kappa shape index (κ3) is 7.46. The summed E-state index contributed by atoms with van der Waals surface area (Å²) in [6.45, 7) is 2.77. The monoisotopic (exact) mass is 755 g/mol. The van der Waals surface area contributed by atoms with Crippen LogP contribution in [0.15, 0.2) is 73.1 Å². The van der Waals surface area contributed by atoms with Crippen molar-refractivity contribution in [3.8, 4) is 28.7 Å². The molecule has 2 atom stereocenters. The standard InChI is InChI=1S/C41H38ClN9O4/c1-25-47-48-37-17-14-34(45-30-12-10-29(42)11-13-30)32-20-27(9-15-35(32)51(25)37)28-21-44-49(22-28)24-39(53)43-19-4-2-3-6-26-7-5-8-31-33(26)23-50(41(31)55)36-16-18-38(52)46-40(36)54/h5,7-13,15,20-22,34,36,45H,2,4,14,16-19,23-24H2,1H3,(H,43,53)(H,46,52,54). The van der Waals surface area contributed by atoms with Crippen molar-refractivity contribution in [1.29, 1.82) is 0 Å². The summed E-state index contributed by atoms with van der Waals surface area (Å²) in [5.74, 6) is 6.96. The molecule has 3 aliphatic heterocycles. The minimum atomic E-state index is -0.672. The summed E-state index contributed by atoms with van der Waals surface area (Å²) in [5, 5.41) is 22.9. The molecule has 55 heavy (non-hydrogen) atoms. The van der Waals surface area contributed by atoms with Gasteiger partial charge in [0.15, 0.2) is 0 Å². The zero-order valence-corrected chi connectivity index (χ0v) is 30.9. The van der Waals surface area contributed by atoms with E-state index in [9.17, 15) is 19.2 Å². The number of hydrogen-bond acceptors (Lipinski definition) is 8. The Bertz CT molecular complexity index is 2390. The van der Waals surface area contributed by atoms with E-state index in [0.29, 0.717) is 36.4 Å². The number of carbonyl (C=O) groups is 4. The maximum absolute atomic E-state index is 13.1. The zero-order chi connectivity index (χ0) is 38.1. The second-order valence-electron chi connectivity index (χ2n) is 13.9. The number of fused-ring (bicyclic) bond motifs is 4. The Balaban J connectivity index is 0.870. The zero-order valence-electron chi connectivity index (χ0n) is 30.1. The number of nitrogens with one attached hydrogen (secondary N) is 3. The number of anilines is 1. The van der Waals surface area contributed by atoms with Crippen molar-refractivity contribution in [2.24, 2.45) is 0 Å². The van der Waals surface area contributed by atoms with Crippen LogP contribution in [0.2, 0.25) is 5.02 Å². The van der Waals surface area contributed by atoms with Crippen molar-refractivity contribution in [3.05, 3.63) is 112 Å². The fraction of sp³-hybridized carbons (Fsp3) is 0.293. The molecule has 1 fully saturated rings. The lowest BCUT2D eigenvalue weighted by Gasteiger charge is -2.29. The number of aryl methyl sites for hydroxylation is 2. The highest BCUT2D eigenvalue weighted by Gasteiger charge is 2.39. The molecule has 278 valence electrons. The highest BCUT2D eigenvalue weighted by molar-refractivity contribution is 6.30. The number of halogens is 1. The van der Waals surface area contributed by atoms with Crippen LogP contribution in [0.3, 0.4) is 0 Å². The molecule has 5 aromatic rings. The molecule has 3 aromatic carbocycles. The molecular formula is C41H38ClN9O4. The number of unbranched alkanes of at least 4 members (excludes halogenated alkanes) is 1. The van der Waals surface area contributed by atoms with Crippen molar-refractivity contribution in [3.63, 3.8) is 0 Å². The van der Waals surface area contributed by atoms with E-state index in [1.54, 1.807) is 23.0 Å². The fourth-order valence-corrected chi connectivity index (χ4v) is 7.62. The fourth-order valence-electron chi connectivity index (χ4n) is 7.49. The Morgan fingerprint density at radius 2 is 1.87 bits per heavy atom. The lowest BCUT2D eigenvalue weighted by atomic mass is 9.97. The Morgan fingerprint density at radius 1 is 1.02 bits per heavy atom. The van der Waals surface area contributed by atoms with Crippen LogP contribution in [-0.2, 0) is 33.9 Å². The number of amides is 4. The Hall–Kier alpha value is -6.26. The van der Waals surface area contributed by atoms with Gasteiger partial charge < -0.3 is 15.5 Å². The number of benzene rings is 3. The number of rotatable bonds is 9. The Kier molecular flexibility index (Phi) is 9.90. The number of piperidine rings is 1. The van der Waals surface area contributed by atoms with Gasteiger partial charge >= 0.3 is 0 Å². The predicted molar refractivity (Wildman–Crippen MR) is 205 cm³/mol. The molecule has 14 heteroatoms. The molecule has 4 amide bonds. The summed E-state index contributed by atoms with van der Waals surface area (Å²) < 4.78 is 3.76. The second-order valence-corrected chi connectivity index (χ2v) is 14.4. The van der Waals surface area contributed by atoms with E-state index in [4.69, 9.17) is 11.6 Å². The van der Waals surface area contributed by atoms with Crippen LogP contribution in [0.5, 0.6) is 0 Å². The first-order chi connectivity index (χ1) is 26.7. The third-order valence-electron chi connectivity index (χ3n) is 10.3. The molecule has 0 bridgehead atoms. The van der Waals surface area contributed by atoms with Crippen LogP contribution in [0, 0.1) is 18.8 Å². The highest BCUT2D eigenvalue weighted by Crippen LogP contribution is 2.36. The third-order valence-corrected chi connectivity index (χ3v) is 10.5. The maximum Gasteiger partial charge on any atom is 0.255 e. The molecule has 13 nitrogen and oxygen atoms in total. The molecular weight excluding hydrogens is 718 g/mol. The van der Waals surface area contributed by atoms with Crippen molar-refractivity contribution in [2.45, 2.75) is 70.6 Å². The molecule has 3 N–H and O–H groups in total. The van der Waals surface area contributed by atoms with Crippen molar-refractivity contribution < 1.29 is 19.2 Å². The SMILES string of the molecule is Cc1nnc2n1-c1ccc(-c3cnn(CC(=O)NCCCC#Cc4cccc5c4CN(C4CCC(=O)NC4=O)C5=O)c3)cc1C(Nc1ccc(Cl)cc1)CC2. The first kappa shape index (κ1) is 35.8. The van der Waals surface area contributed by atoms with Crippen molar-refractivity contribution >= 4 is 40.9 Å². The summed E-state index contributed by atoms with van der Waals surface area (Å²) in [6, 6.07) is 18.8. The molecule has 8 rings (SSSR count). The van der Waals surface area contributed by atoms with Gasteiger partial charge in [-0.1, -0.05) is 35.6 Å². The molecule has 0 aliphatic carbocycles. The van der Waals surface area contributed by atoms with Gasteiger partial charge in [0.25, 0.3) is 5.91 Å². The maximum atomic E-state index is 13.1. The van der Waals surface area contributed by atoms with Gasteiger partial charge in [-0.15, -0.1) is 10.2 Å². The quantitative estimate of drug-likeness (QED) is 0.109. The number of carbonyl (C=O) groups excluding carboxylic acids is 4. The largest absolute Gasteiger partial charge is 0.378 e. The second kappa shape index (κ2) is 15.2. The van der Waals surface area contributed by atoms with Gasteiger partial charge in [0.1, 0.15) is 24.2 Å². The predicted octanol–water partition coefficient (Wildman–Crippen LogP) is 4.90. The van der Waals surface area contributed by atoms with Gasteiger partial charge in [-0.25, -0.2) is 0 Å². The van der Waals surface area contributed by atoms with Gasteiger partial charge in [0, 0.05) is 65.9 Å². The number of imide groups is 1. The van der Waals surface area contributed by atoms with Crippen LogP contribution < -0.4 is 16.0 Å². The van der Waals surface area contributed by atoms with E-state index < -0.39 is 11.9 Å². The van der Waals surface area contributed by atoms with Crippen LogP contribution in [0.1, 0.15) is 76.8 Å². The van der Waals surface area contributed by atoms with Crippen LogP contribution in [0.4, 0.5) is 5.69 Å². The summed E-state index contributed by atoms with van der Waals surface area (Å²) in [7, 11) is 0. The summed E-state index contributed by atoms with van der Waals surface area (Å²) in [6.07, 6.45) is 6.95. The number of aromatic nitrogens is 5. The van der Waals surface area contributed by atoms with Gasteiger partial charge in [0.05, 0.1) is 17.9 Å². The highest BCUT2D eigenvalue weighted by atomic mass is 35.5. The first-order valence-electron chi connectivity index (χ1n) is 18.3.